The molecule has 1 rings (SSSR count). The van der Waals surface area contributed by atoms with Crippen LogP contribution in [0, 0.1) is 21.4 Å². The first kappa shape index (κ1) is 12.2. The highest BCUT2D eigenvalue weighted by Gasteiger charge is 2.17. The Morgan fingerprint density at radius 1 is 1.81 bits per heavy atom. The van der Waals surface area contributed by atoms with Crippen LogP contribution in [-0.4, -0.2) is 15.9 Å². The fourth-order valence-corrected chi connectivity index (χ4v) is 1.25. The molecule has 0 fully saturated rings. The summed E-state index contributed by atoms with van der Waals surface area (Å²) in [5.41, 5.74) is 0.0106. The van der Waals surface area contributed by atoms with E-state index in [4.69, 9.17) is 16.9 Å². The minimum atomic E-state index is -0.574. The third kappa shape index (κ3) is 2.81. The molecule has 1 aromatic heterocycles. The summed E-state index contributed by atoms with van der Waals surface area (Å²) >= 11 is 5.63. The van der Waals surface area contributed by atoms with Gasteiger partial charge in [0.25, 0.3) is 0 Å². The van der Waals surface area contributed by atoms with Gasteiger partial charge in [-0.2, -0.15) is 5.26 Å². The van der Waals surface area contributed by atoms with E-state index in [1.165, 1.54) is 6.07 Å². The van der Waals surface area contributed by atoms with Crippen molar-refractivity contribution < 1.29 is 4.92 Å². The van der Waals surface area contributed by atoms with Crippen LogP contribution in [-0.2, 0) is 0 Å². The SMILES string of the molecule is CC[C@H](C#N)Nc1cc(Cl)ncc1[N+](=O)[O-]. The first-order valence-corrected chi connectivity index (χ1v) is 4.92. The number of hydrogen-bond donors (Lipinski definition) is 1. The molecule has 0 saturated carbocycles. The molecule has 0 aliphatic carbocycles. The van der Waals surface area contributed by atoms with E-state index in [1.807, 2.05) is 6.07 Å². The molecule has 84 valence electrons. The van der Waals surface area contributed by atoms with Crippen molar-refractivity contribution in [3.8, 4) is 6.07 Å². The number of nitrogens with zero attached hydrogens (tertiary/aromatic N) is 3. The van der Waals surface area contributed by atoms with E-state index < -0.39 is 11.0 Å². The van der Waals surface area contributed by atoms with Gasteiger partial charge in [0.15, 0.2) is 0 Å². The Kier molecular flexibility index (Phi) is 4.03. The van der Waals surface area contributed by atoms with Gasteiger partial charge in [-0.1, -0.05) is 18.5 Å². The summed E-state index contributed by atoms with van der Waals surface area (Å²) in [4.78, 5) is 13.7. The predicted octanol–water partition coefficient (Wildman–Crippen LogP) is 2.36. The van der Waals surface area contributed by atoms with Gasteiger partial charge in [-0.15, -0.1) is 0 Å². The van der Waals surface area contributed by atoms with Gasteiger partial charge in [0.2, 0.25) is 0 Å². The van der Waals surface area contributed by atoms with Crippen LogP contribution in [0.15, 0.2) is 12.3 Å². The van der Waals surface area contributed by atoms with Crippen molar-refractivity contribution in [2.45, 2.75) is 19.4 Å². The van der Waals surface area contributed by atoms with Gasteiger partial charge in [-0.3, -0.25) is 10.1 Å². The Hall–Kier alpha value is -1.87. The summed E-state index contributed by atoms with van der Waals surface area (Å²) in [6.45, 7) is 1.80. The van der Waals surface area contributed by atoms with E-state index in [9.17, 15) is 10.1 Å². The number of pyridine rings is 1. The van der Waals surface area contributed by atoms with E-state index in [1.54, 1.807) is 6.92 Å². The zero-order chi connectivity index (χ0) is 12.1. The summed E-state index contributed by atoms with van der Waals surface area (Å²) in [7, 11) is 0. The van der Waals surface area contributed by atoms with Crippen molar-refractivity contribution in [1.82, 2.24) is 4.98 Å². The summed E-state index contributed by atoms with van der Waals surface area (Å²) in [5.74, 6) is 0. The van der Waals surface area contributed by atoms with Crippen LogP contribution in [0.25, 0.3) is 0 Å². The van der Waals surface area contributed by atoms with Crippen molar-refractivity contribution >= 4 is 23.0 Å². The molecule has 1 aromatic rings. The highest BCUT2D eigenvalue weighted by molar-refractivity contribution is 6.29. The van der Waals surface area contributed by atoms with Crippen molar-refractivity contribution in [2.24, 2.45) is 0 Å². The Bertz CT molecular complexity index is 444. The van der Waals surface area contributed by atoms with Crippen molar-refractivity contribution in [3.05, 3.63) is 27.5 Å². The Balaban J connectivity index is 3.06. The lowest BCUT2D eigenvalue weighted by molar-refractivity contribution is -0.384. The molecule has 1 N–H and O–H groups in total. The topological polar surface area (TPSA) is 91.8 Å². The zero-order valence-electron chi connectivity index (χ0n) is 8.48. The van der Waals surface area contributed by atoms with Crippen LogP contribution < -0.4 is 5.32 Å². The number of rotatable bonds is 4. The quantitative estimate of drug-likeness (QED) is 0.495. The van der Waals surface area contributed by atoms with E-state index in [2.05, 4.69) is 10.3 Å². The molecule has 0 bridgehead atoms. The van der Waals surface area contributed by atoms with E-state index >= 15 is 0 Å². The second kappa shape index (κ2) is 5.28. The van der Waals surface area contributed by atoms with Gasteiger partial charge < -0.3 is 5.32 Å². The number of halogens is 1. The highest BCUT2D eigenvalue weighted by atomic mass is 35.5. The molecule has 16 heavy (non-hydrogen) atoms. The minimum Gasteiger partial charge on any atom is -0.364 e. The number of nitriles is 1. The van der Waals surface area contributed by atoms with E-state index in [0.29, 0.717) is 6.42 Å². The lowest BCUT2D eigenvalue weighted by Gasteiger charge is -2.10. The number of aromatic nitrogens is 1. The number of nitrogens with one attached hydrogen (secondary N) is 1. The summed E-state index contributed by atoms with van der Waals surface area (Å²) in [6.07, 6.45) is 1.60. The first-order valence-electron chi connectivity index (χ1n) is 4.54. The molecule has 0 aliphatic rings. The fraction of sp³-hybridized carbons (Fsp3) is 0.333. The van der Waals surface area contributed by atoms with Crippen molar-refractivity contribution in [1.29, 1.82) is 5.26 Å². The predicted molar refractivity (Wildman–Crippen MR) is 59.2 cm³/mol. The summed E-state index contributed by atoms with van der Waals surface area (Å²) < 4.78 is 0. The maximum Gasteiger partial charge on any atom is 0.310 e. The lowest BCUT2D eigenvalue weighted by Crippen LogP contribution is -2.16. The van der Waals surface area contributed by atoms with Crippen LogP contribution >= 0.6 is 11.6 Å². The second-order valence-corrected chi connectivity index (χ2v) is 3.40. The zero-order valence-corrected chi connectivity index (χ0v) is 9.23. The Morgan fingerprint density at radius 3 is 3.00 bits per heavy atom. The monoisotopic (exact) mass is 240 g/mol. The molecule has 7 heteroatoms. The van der Waals surface area contributed by atoms with Gasteiger partial charge in [0.1, 0.15) is 23.1 Å². The normalized spacial score (nSPS) is 11.6. The van der Waals surface area contributed by atoms with Crippen molar-refractivity contribution in [3.63, 3.8) is 0 Å². The minimum absolute atomic E-state index is 0.140. The highest BCUT2D eigenvalue weighted by Crippen LogP contribution is 2.26. The first-order chi connectivity index (χ1) is 7.58. The number of anilines is 1. The van der Waals surface area contributed by atoms with Crippen LogP contribution in [0.4, 0.5) is 11.4 Å². The fourth-order valence-electron chi connectivity index (χ4n) is 1.10. The molecule has 6 nitrogen and oxygen atoms in total. The maximum absolute atomic E-state index is 10.7. The molecule has 0 amide bonds. The van der Waals surface area contributed by atoms with E-state index in [0.717, 1.165) is 6.20 Å². The van der Waals surface area contributed by atoms with Crippen LogP contribution in [0.2, 0.25) is 5.15 Å². The molecule has 0 spiro atoms. The molecule has 1 heterocycles. The maximum atomic E-state index is 10.7. The smallest absolute Gasteiger partial charge is 0.310 e. The van der Waals surface area contributed by atoms with Gasteiger partial charge in [0.05, 0.1) is 11.0 Å². The van der Waals surface area contributed by atoms with Crippen molar-refractivity contribution in [2.75, 3.05) is 5.32 Å². The molecule has 0 saturated heterocycles. The Morgan fingerprint density at radius 2 is 2.50 bits per heavy atom. The third-order valence-corrected chi connectivity index (χ3v) is 2.15. The molecule has 0 aromatic carbocycles. The van der Waals surface area contributed by atoms with Crippen LogP contribution in [0.3, 0.4) is 0 Å². The molecular weight excluding hydrogens is 232 g/mol. The second-order valence-electron chi connectivity index (χ2n) is 3.02. The standard InChI is InChI=1S/C9H9ClN4O2/c1-2-6(4-11)13-7-3-9(10)12-5-8(7)14(15)16/h3,5-6H,2H2,1H3,(H,12,13)/t6-/m1/s1. The van der Waals surface area contributed by atoms with Gasteiger partial charge in [-0.25, -0.2) is 4.98 Å². The molecular formula is C9H9ClN4O2. The number of nitro groups is 1. The van der Waals surface area contributed by atoms with Gasteiger partial charge in [-0.05, 0) is 6.42 Å². The molecule has 0 aliphatic heterocycles. The lowest BCUT2D eigenvalue weighted by atomic mass is 10.2. The van der Waals surface area contributed by atoms with Gasteiger partial charge in [0, 0.05) is 6.07 Å². The average molecular weight is 241 g/mol. The van der Waals surface area contributed by atoms with Crippen LogP contribution in [0.5, 0.6) is 0 Å². The molecule has 1 atom stereocenters. The largest absolute Gasteiger partial charge is 0.364 e. The van der Waals surface area contributed by atoms with E-state index in [-0.39, 0.29) is 16.5 Å². The molecule has 0 radical (unpaired) electrons. The molecule has 0 unspecified atom stereocenters. The average Bonchev–Trinajstić information content (AvgIpc) is 2.25. The van der Waals surface area contributed by atoms with Crippen LogP contribution in [0.1, 0.15) is 13.3 Å². The number of hydrogen-bond acceptors (Lipinski definition) is 5. The summed E-state index contributed by atoms with van der Waals surface area (Å²) in [6, 6.07) is 2.83. The third-order valence-electron chi connectivity index (χ3n) is 1.94. The summed E-state index contributed by atoms with van der Waals surface area (Å²) in [5, 5.41) is 22.3. The van der Waals surface area contributed by atoms with Gasteiger partial charge >= 0.3 is 5.69 Å². The Labute approximate surface area is 97.0 Å².